The highest BCUT2D eigenvalue weighted by Gasteiger charge is 2.06. The van der Waals surface area contributed by atoms with E-state index in [4.69, 9.17) is 4.74 Å². The molecule has 1 rings (SSSR count). The monoisotopic (exact) mass is 236 g/mol. The lowest BCUT2D eigenvalue weighted by Crippen LogP contribution is -2.38. The minimum absolute atomic E-state index is 0.0777. The second kappa shape index (κ2) is 7.27. The van der Waals surface area contributed by atoms with Crippen molar-refractivity contribution in [3.63, 3.8) is 0 Å². The Morgan fingerprint density at radius 3 is 2.53 bits per heavy atom. The van der Waals surface area contributed by atoms with Crippen molar-refractivity contribution in [2.75, 3.05) is 13.1 Å². The van der Waals surface area contributed by atoms with E-state index in [2.05, 4.69) is 10.6 Å². The Morgan fingerprint density at radius 2 is 1.88 bits per heavy atom. The smallest absolute Gasteiger partial charge is 0.410 e. The Bertz CT molecular complexity index is 365. The van der Waals surface area contributed by atoms with Crippen molar-refractivity contribution < 1.29 is 14.3 Å². The van der Waals surface area contributed by atoms with Gasteiger partial charge < -0.3 is 15.4 Å². The van der Waals surface area contributed by atoms with Crippen LogP contribution in [0.2, 0.25) is 0 Å². The molecule has 0 aliphatic carbocycles. The van der Waals surface area contributed by atoms with Crippen LogP contribution in [-0.2, 0) is 4.79 Å². The van der Waals surface area contributed by atoms with Gasteiger partial charge in [0.05, 0.1) is 0 Å². The van der Waals surface area contributed by atoms with Gasteiger partial charge >= 0.3 is 6.09 Å². The molecule has 0 saturated heterocycles. The summed E-state index contributed by atoms with van der Waals surface area (Å²) < 4.78 is 4.94. The van der Waals surface area contributed by atoms with E-state index in [1.54, 1.807) is 24.3 Å². The minimum atomic E-state index is -0.636. The minimum Gasteiger partial charge on any atom is -0.410 e. The van der Waals surface area contributed by atoms with E-state index in [9.17, 15) is 9.59 Å². The van der Waals surface area contributed by atoms with Gasteiger partial charge in [-0.2, -0.15) is 0 Å². The molecule has 92 valence electrons. The van der Waals surface area contributed by atoms with Crippen LogP contribution >= 0.6 is 0 Å². The van der Waals surface area contributed by atoms with Gasteiger partial charge in [0.15, 0.2) is 0 Å². The van der Waals surface area contributed by atoms with Crippen LogP contribution in [0.3, 0.4) is 0 Å². The molecule has 2 amide bonds. The molecule has 1 aromatic carbocycles. The maximum absolute atomic E-state index is 11.3. The predicted molar refractivity (Wildman–Crippen MR) is 63.8 cm³/mol. The molecule has 0 fully saturated rings. The Kier molecular flexibility index (Phi) is 5.57. The number of para-hydroxylation sites is 1. The molecule has 0 aliphatic rings. The molecule has 0 spiro atoms. The second-order valence-corrected chi connectivity index (χ2v) is 3.41. The summed E-state index contributed by atoms with van der Waals surface area (Å²) in [5.74, 6) is 0.218. The number of hydrogen-bond acceptors (Lipinski definition) is 3. The summed E-state index contributed by atoms with van der Waals surface area (Å²) in [6.45, 7) is 2.48. The van der Waals surface area contributed by atoms with Gasteiger partial charge in [-0.15, -0.1) is 0 Å². The van der Waals surface area contributed by atoms with Crippen molar-refractivity contribution in [1.29, 1.82) is 0 Å². The van der Waals surface area contributed by atoms with Crippen molar-refractivity contribution >= 4 is 12.0 Å². The first-order chi connectivity index (χ1) is 8.22. The highest BCUT2D eigenvalue weighted by Crippen LogP contribution is 2.07. The molecule has 0 bridgehead atoms. The zero-order valence-electron chi connectivity index (χ0n) is 9.73. The average Bonchev–Trinajstić information content (AvgIpc) is 2.35. The van der Waals surface area contributed by atoms with Gasteiger partial charge in [-0.1, -0.05) is 25.1 Å². The summed E-state index contributed by atoms with van der Waals surface area (Å²) in [7, 11) is 0. The molecule has 0 heterocycles. The number of carbonyl (C=O) groups excluding carboxylic acids is 2. The molecular weight excluding hydrogens is 220 g/mol. The molecule has 0 aliphatic heterocycles. The highest BCUT2D eigenvalue weighted by atomic mass is 16.6. The second-order valence-electron chi connectivity index (χ2n) is 3.41. The van der Waals surface area contributed by atoms with E-state index in [0.29, 0.717) is 12.3 Å². The quantitative estimate of drug-likeness (QED) is 0.809. The van der Waals surface area contributed by atoms with Gasteiger partial charge in [0.1, 0.15) is 12.3 Å². The Hall–Kier alpha value is -2.04. The van der Waals surface area contributed by atoms with Crippen molar-refractivity contribution in [1.82, 2.24) is 10.6 Å². The summed E-state index contributed by atoms with van der Waals surface area (Å²) in [5.41, 5.74) is 0. The van der Waals surface area contributed by atoms with Gasteiger partial charge in [-0.3, -0.25) is 4.79 Å². The van der Waals surface area contributed by atoms with Crippen molar-refractivity contribution in [2.45, 2.75) is 13.3 Å². The van der Waals surface area contributed by atoms with Crippen LogP contribution in [0.15, 0.2) is 30.3 Å². The first-order valence-electron chi connectivity index (χ1n) is 5.49. The van der Waals surface area contributed by atoms with Gasteiger partial charge in [-0.25, -0.2) is 4.79 Å². The van der Waals surface area contributed by atoms with Gasteiger partial charge in [0, 0.05) is 6.54 Å². The largest absolute Gasteiger partial charge is 0.413 e. The molecule has 0 aromatic heterocycles. The maximum Gasteiger partial charge on any atom is 0.413 e. The molecule has 0 radical (unpaired) electrons. The first-order valence-corrected chi connectivity index (χ1v) is 5.49. The molecule has 17 heavy (non-hydrogen) atoms. The van der Waals surface area contributed by atoms with E-state index < -0.39 is 6.09 Å². The molecule has 5 heteroatoms. The van der Waals surface area contributed by atoms with Gasteiger partial charge in [0.25, 0.3) is 0 Å². The Morgan fingerprint density at radius 1 is 1.18 bits per heavy atom. The molecular formula is C12H16N2O3. The fourth-order valence-corrected chi connectivity index (χ4v) is 1.11. The van der Waals surface area contributed by atoms with E-state index >= 15 is 0 Å². The highest BCUT2D eigenvalue weighted by molar-refractivity contribution is 5.82. The Balaban J connectivity index is 2.24. The average molecular weight is 236 g/mol. The van der Waals surface area contributed by atoms with Crippen LogP contribution in [0.5, 0.6) is 5.75 Å². The summed E-state index contributed by atoms with van der Waals surface area (Å²) in [6.07, 6.45) is 0.225. The zero-order chi connectivity index (χ0) is 12.5. The standard InChI is InChI=1S/C12H16N2O3/c1-2-8-13-11(15)9-14-12(16)17-10-6-4-3-5-7-10/h3-7H,2,8-9H2,1H3,(H,13,15)(H,14,16). The molecule has 2 N–H and O–H groups in total. The van der Waals surface area contributed by atoms with E-state index in [1.807, 2.05) is 13.0 Å². The van der Waals surface area contributed by atoms with E-state index in [-0.39, 0.29) is 12.5 Å². The summed E-state index contributed by atoms with van der Waals surface area (Å²) in [5, 5.41) is 5.01. The summed E-state index contributed by atoms with van der Waals surface area (Å²) >= 11 is 0. The molecule has 0 saturated carbocycles. The van der Waals surface area contributed by atoms with Crippen molar-refractivity contribution in [2.24, 2.45) is 0 Å². The number of rotatable bonds is 5. The topological polar surface area (TPSA) is 67.4 Å². The number of ether oxygens (including phenoxy) is 1. The summed E-state index contributed by atoms with van der Waals surface area (Å²) in [6, 6.07) is 8.67. The zero-order valence-corrected chi connectivity index (χ0v) is 9.73. The van der Waals surface area contributed by atoms with Crippen LogP contribution < -0.4 is 15.4 Å². The lowest BCUT2D eigenvalue weighted by atomic mass is 10.3. The number of hydrogen-bond donors (Lipinski definition) is 2. The maximum atomic E-state index is 11.3. The SMILES string of the molecule is CCCNC(=O)CNC(=O)Oc1ccccc1. The number of benzene rings is 1. The lowest BCUT2D eigenvalue weighted by Gasteiger charge is -2.06. The third kappa shape index (κ3) is 5.55. The van der Waals surface area contributed by atoms with Crippen LogP contribution in [-0.4, -0.2) is 25.1 Å². The van der Waals surface area contributed by atoms with E-state index in [1.165, 1.54) is 0 Å². The fraction of sp³-hybridized carbons (Fsp3) is 0.333. The third-order valence-corrected chi connectivity index (χ3v) is 1.92. The Labute approximate surface area is 100 Å². The predicted octanol–water partition coefficient (Wildman–Crippen LogP) is 1.30. The fourth-order valence-electron chi connectivity index (χ4n) is 1.11. The number of amides is 2. The van der Waals surface area contributed by atoms with Crippen molar-refractivity contribution in [3.8, 4) is 5.75 Å². The molecule has 1 aromatic rings. The molecule has 5 nitrogen and oxygen atoms in total. The molecule has 0 atom stereocenters. The number of carbonyl (C=O) groups is 2. The lowest BCUT2D eigenvalue weighted by molar-refractivity contribution is -0.120. The van der Waals surface area contributed by atoms with E-state index in [0.717, 1.165) is 6.42 Å². The summed E-state index contributed by atoms with van der Waals surface area (Å²) in [4.78, 5) is 22.5. The molecule has 0 unspecified atom stereocenters. The van der Waals surface area contributed by atoms with Crippen LogP contribution in [0, 0.1) is 0 Å². The van der Waals surface area contributed by atoms with Crippen LogP contribution in [0.25, 0.3) is 0 Å². The van der Waals surface area contributed by atoms with Crippen molar-refractivity contribution in [3.05, 3.63) is 30.3 Å². The first kappa shape index (κ1) is 13.0. The van der Waals surface area contributed by atoms with Gasteiger partial charge in [-0.05, 0) is 18.6 Å². The number of nitrogens with one attached hydrogen (secondary N) is 2. The van der Waals surface area contributed by atoms with Crippen LogP contribution in [0.4, 0.5) is 4.79 Å². The normalized spacial score (nSPS) is 9.47. The third-order valence-electron chi connectivity index (χ3n) is 1.92. The van der Waals surface area contributed by atoms with Crippen LogP contribution in [0.1, 0.15) is 13.3 Å². The van der Waals surface area contributed by atoms with Gasteiger partial charge in [0.2, 0.25) is 5.91 Å².